The Labute approximate surface area is 152 Å². The van der Waals surface area contributed by atoms with Crippen molar-refractivity contribution in [2.24, 2.45) is 0 Å². The monoisotopic (exact) mass is 367 g/mol. The minimum Gasteiger partial charge on any atom is -0.379 e. The van der Waals surface area contributed by atoms with Gasteiger partial charge in [-0.3, -0.25) is 9.69 Å². The van der Waals surface area contributed by atoms with Crippen molar-refractivity contribution in [2.45, 2.75) is 56.5 Å². The second-order valence-corrected chi connectivity index (χ2v) is 6.80. The van der Waals surface area contributed by atoms with Crippen molar-refractivity contribution < 1.29 is 9.53 Å². The molecule has 1 unspecified atom stereocenters. The first-order valence-electron chi connectivity index (χ1n) is 8.61. The van der Waals surface area contributed by atoms with Crippen LogP contribution in [0.2, 0.25) is 0 Å². The van der Waals surface area contributed by atoms with Gasteiger partial charge >= 0.3 is 0 Å². The molecule has 1 aliphatic carbocycles. The summed E-state index contributed by atoms with van der Waals surface area (Å²) in [6, 6.07) is 0.483. The minimum atomic E-state index is 0. The molecule has 23 heavy (non-hydrogen) atoms. The van der Waals surface area contributed by atoms with Gasteiger partial charge in [-0.1, -0.05) is 12.8 Å². The topological polar surface area (TPSA) is 53.6 Å². The molecular weight excluding hydrogens is 337 g/mol. The smallest absolute Gasteiger partial charge is 0.221 e. The molecule has 0 spiro atoms. The Balaban J connectivity index is 0.00000132. The Morgan fingerprint density at radius 2 is 1.87 bits per heavy atom. The lowest BCUT2D eigenvalue weighted by Crippen LogP contribution is -2.54. The van der Waals surface area contributed by atoms with Gasteiger partial charge in [0.1, 0.15) is 0 Å². The fourth-order valence-corrected chi connectivity index (χ4v) is 4.20. The molecule has 2 N–H and O–H groups in total. The highest BCUT2D eigenvalue weighted by Gasteiger charge is 2.41. The summed E-state index contributed by atoms with van der Waals surface area (Å²) >= 11 is 0. The summed E-state index contributed by atoms with van der Waals surface area (Å²) in [7, 11) is 0. The average Bonchev–Trinajstić information content (AvgIpc) is 3.18. The molecule has 1 amide bonds. The molecular formula is C16H31Cl2N3O2. The maximum Gasteiger partial charge on any atom is 0.221 e. The number of nitrogens with one attached hydrogen (secondary N) is 2. The Hall–Kier alpha value is -0.0700. The molecule has 1 atom stereocenters. The number of carbonyl (C=O) groups is 1. The summed E-state index contributed by atoms with van der Waals surface area (Å²) in [6.07, 6.45) is 7.95. The Morgan fingerprint density at radius 1 is 1.17 bits per heavy atom. The van der Waals surface area contributed by atoms with Crippen LogP contribution in [0.5, 0.6) is 0 Å². The lowest BCUT2D eigenvalue weighted by molar-refractivity contribution is -0.125. The van der Waals surface area contributed by atoms with Crippen LogP contribution in [-0.2, 0) is 9.53 Å². The number of morpholine rings is 1. The maximum atomic E-state index is 12.4. The SMILES string of the molecule is Cl.Cl.O=C(CC1(N2CCOCC2)CCCC1)NCC1CCCN1. The summed E-state index contributed by atoms with van der Waals surface area (Å²) < 4.78 is 5.47. The van der Waals surface area contributed by atoms with Crippen molar-refractivity contribution in [3.05, 3.63) is 0 Å². The van der Waals surface area contributed by atoms with Crippen LogP contribution in [0.25, 0.3) is 0 Å². The zero-order valence-corrected chi connectivity index (χ0v) is 15.5. The van der Waals surface area contributed by atoms with Crippen molar-refractivity contribution in [1.29, 1.82) is 0 Å². The fraction of sp³-hybridized carbons (Fsp3) is 0.938. The molecule has 3 fully saturated rings. The van der Waals surface area contributed by atoms with Gasteiger partial charge in [0, 0.05) is 37.6 Å². The molecule has 2 aliphatic heterocycles. The van der Waals surface area contributed by atoms with Crippen LogP contribution in [-0.4, -0.2) is 61.8 Å². The normalized spacial score (nSPS) is 27.0. The molecule has 1 saturated carbocycles. The largest absolute Gasteiger partial charge is 0.379 e. The first-order valence-corrected chi connectivity index (χ1v) is 8.61. The summed E-state index contributed by atoms with van der Waals surface area (Å²) in [4.78, 5) is 14.9. The Bertz CT molecular complexity index is 353. The van der Waals surface area contributed by atoms with Gasteiger partial charge in [0.25, 0.3) is 0 Å². The van der Waals surface area contributed by atoms with Gasteiger partial charge in [0.2, 0.25) is 5.91 Å². The zero-order valence-electron chi connectivity index (χ0n) is 13.8. The lowest BCUT2D eigenvalue weighted by atomic mass is 9.90. The molecule has 2 saturated heterocycles. The van der Waals surface area contributed by atoms with E-state index < -0.39 is 0 Å². The van der Waals surface area contributed by atoms with Crippen molar-refractivity contribution in [3.8, 4) is 0 Å². The van der Waals surface area contributed by atoms with E-state index in [0.717, 1.165) is 39.4 Å². The number of amides is 1. The summed E-state index contributed by atoms with van der Waals surface area (Å²) in [6.45, 7) is 5.48. The van der Waals surface area contributed by atoms with Crippen LogP contribution in [0.3, 0.4) is 0 Å². The van der Waals surface area contributed by atoms with Gasteiger partial charge in [0.15, 0.2) is 0 Å². The molecule has 0 aromatic carbocycles. The van der Waals surface area contributed by atoms with Gasteiger partial charge in [-0.25, -0.2) is 0 Å². The van der Waals surface area contributed by atoms with E-state index in [0.29, 0.717) is 12.5 Å². The molecule has 0 aromatic heterocycles. The fourth-order valence-electron chi connectivity index (χ4n) is 4.20. The van der Waals surface area contributed by atoms with E-state index in [1.165, 1.54) is 38.5 Å². The standard InChI is InChI=1S/C16H29N3O2.2ClH/c20-15(18-13-14-4-3-7-17-14)12-16(5-1-2-6-16)19-8-10-21-11-9-19;;/h14,17H,1-13H2,(H,18,20);2*1H. The molecule has 3 aliphatic rings. The molecule has 136 valence electrons. The van der Waals surface area contributed by atoms with E-state index in [1.807, 2.05) is 0 Å². The molecule has 7 heteroatoms. The molecule has 0 aromatic rings. The van der Waals surface area contributed by atoms with Crippen LogP contribution in [0, 0.1) is 0 Å². The third-order valence-electron chi connectivity index (χ3n) is 5.41. The third-order valence-corrected chi connectivity index (χ3v) is 5.41. The first kappa shape index (κ1) is 21.0. The first-order chi connectivity index (χ1) is 10.3. The van der Waals surface area contributed by atoms with Crippen LogP contribution >= 0.6 is 24.8 Å². The van der Waals surface area contributed by atoms with Gasteiger partial charge in [0.05, 0.1) is 13.2 Å². The molecule has 2 heterocycles. The van der Waals surface area contributed by atoms with E-state index in [1.54, 1.807) is 0 Å². The number of rotatable bonds is 5. The number of hydrogen-bond donors (Lipinski definition) is 2. The van der Waals surface area contributed by atoms with E-state index in [4.69, 9.17) is 4.74 Å². The van der Waals surface area contributed by atoms with Gasteiger partial charge in [-0.2, -0.15) is 0 Å². The van der Waals surface area contributed by atoms with Crippen LogP contribution < -0.4 is 10.6 Å². The molecule has 3 rings (SSSR count). The van der Waals surface area contributed by atoms with E-state index in [9.17, 15) is 4.79 Å². The molecule has 5 nitrogen and oxygen atoms in total. The van der Waals surface area contributed by atoms with Gasteiger partial charge < -0.3 is 15.4 Å². The number of nitrogens with zero attached hydrogens (tertiary/aromatic N) is 1. The summed E-state index contributed by atoms with van der Waals surface area (Å²) in [5.41, 5.74) is 0.108. The number of halogens is 2. The second kappa shape index (κ2) is 10.0. The van der Waals surface area contributed by atoms with Crippen molar-refractivity contribution >= 4 is 30.7 Å². The zero-order chi connectivity index (χ0) is 14.5. The lowest BCUT2D eigenvalue weighted by Gasteiger charge is -2.43. The third kappa shape index (κ3) is 5.46. The van der Waals surface area contributed by atoms with E-state index in [-0.39, 0.29) is 36.3 Å². The minimum absolute atomic E-state index is 0. The Morgan fingerprint density at radius 3 is 2.48 bits per heavy atom. The molecule has 0 radical (unpaired) electrons. The maximum absolute atomic E-state index is 12.4. The predicted molar refractivity (Wildman–Crippen MR) is 96.7 cm³/mol. The van der Waals surface area contributed by atoms with E-state index in [2.05, 4.69) is 15.5 Å². The quantitative estimate of drug-likeness (QED) is 0.776. The van der Waals surface area contributed by atoms with Crippen molar-refractivity contribution in [3.63, 3.8) is 0 Å². The Kier molecular flexibility index (Phi) is 9.16. The van der Waals surface area contributed by atoms with Crippen molar-refractivity contribution in [2.75, 3.05) is 39.4 Å². The molecule has 0 bridgehead atoms. The van der Waals surface area contributed by atoms with Crippen molar-refractivity contribution in [1.82, 2.24) is 15.5 Å². The summed E-state index contributed by atoms with van der Waals surface area (Å²) in [5, 5.41) is 6.59. The van der Waals surface area contributed by atoms with Crippen LogP contribution in [0.1, 0.15) is 44.9 Å². The highest BCUT2D eigenvalue weighted by molar-refractivity contribution is 5.85. The van der Waals surface area contributed by atoms with Crippen LogP contribution in [0.15, 0.2) is 0 Å². The number of ether oxygens (including phenoxy) is 1. The van der Waals surface area contributed by atoms with E-state index >= 15 is 0 Å². The van der Waals surface area contributed by atoms with Gasteiger partial charge in [-0.15, -0.1) is 24.8 Å². The number of carbonyl (C=O) groups excluding carboxylic acids is 1. The predicted octanol–water partition coefficient (Wildman–Crippen LogP) is 1.73. The highest BCUT2D eigenvalue weighted by atomic mass is 35.5. The van der Waals surface area contributed by atoms with Gasteiger partial charge in [-0.05, 0) is 32.2 Å². The average molecular weight is 368 g/mol. The summed E-state index contributed by atoms with van der Waals surface area (Å²) in [5.74, 6) is 0.233. The highest BCUT2D eigenvalue weighted by Crippen LogP contribution is 2.38. The second-order valence-electron chi connectivity index (χ2n) is 6.80. The number of hydrogen-bond acceptors (Lipinski definition) is 4. The van der Waals surface area contributed by atoms with Crippen LogP contribution in [0.4, 0.5) is 0 Å².